The van der Waals surface area contributed by atoms with Crippen LogP contribution < -0.4 is 10.1 Å². The molecular formula is C15H20FNO3. The molecule has 0 aliphatic heterocycles. The van der Waals surface area contributed by atoms with Crippen LogP contribution in [0.25, 0.3) is 0 Å². The van der Waals surface area contributed by atoms with Gasteiger partial charge in [0.2, 0.25) is 0 Å². The topological polar surface area (TPSA) is 58.6 Å². The maximum atomic E-state index is 13.3. The fourth-order valence-corrected chi connectivity index (χ4v) is 2.49. The number of aliphatic hydroxyl groups excluding tert-OH is 1. The van der Waals surface area contributed by atoms with Crippen LogP contribution in [-0.2, 0) is 0 Å². The molecule has 4 nitrogen and oxygen atoms in total. The molecule has 1 aromatic carbocycles. The highest BCUT2D eigenvalue weighted by Crippen LogP contribution is 2.23. The van der Waals surface area contributed by atoms with E-state index in [1.54, 1.807) is 0 Å². The summed E-state index contributed by atoms with van der Waals surface area (Å²) >= 11 is 0. The number of nitrogens with one attached hydrogen (secondary N) is 1. The van der Waals surface area contributed by atoms with Crippen molar-refractivity contribution in [2.45, 2.75) is 31.8 Å². The van der Waals surface area contributed by atoms with E-state index in [0.717, 1.165) is 25.7 Å². The molecule has 1 aliphatic carbocycles. The molecule has 2 N–H and O–H groups in total. The standard InChI is InChI=1S/C15H20FNO3/c1-20-14-8-11(4-7-13(14)16)15(19)17-9-10-2-5-12(18)6-3-10/h4,7-8,10,12,18H,2-3,5-6,9H2,1H3,(H,17,19). The monoisotopic (exact) mass is 281 g/mol. The van der Waals surface area contributed by atoms with Gasteiger partial charge in [-0.25, -0.2) is 4.39 Å². The Balaban J connectivity index is 1.88. The van der Waals surface area contributed by atoms with Crippen LogP contribution in [0.15, 0.2) is 18.2 Å². The first kappa shape index (κ1) is 14.8. The van der Waals surface area contributed by atoms with Gasteiger partial charge in [0.25, 0.3) is 5.91 Å². The summed E-state index contributed by atoms with van der Waals surface area (Å²) in [6, 6.07) is 4.07. The molecule has 20 heavy (non-hydrogen) atoms. The van der Waals surface area contributed by atoms with Crippen LogP contribution in [0.1, 0.15) is 36.0 Å². The lowest BCUT2D eigenvalue weighted by molar-refractivity contribution is 0.0910. The van der Waals surface area contributed by atoms with Crippen LogP contribution in [0.3, 0.4) is 0 Å². The Bertz CT molecular complexity index is 470. The molecule has 0 radical (unpaired) electrons. The maximum Gasteiger partial charge on any atom is 0.251 e. The predicted octanol–water partition coefficient (Wildman–Crippen LogP) is 2.12. The van der Waals surface area contributed by atoms with E-state index in [9.17, 15) is 14.3 Å². The van der Waals surface area contributed by atoms with Gasteiger partial charge in [-0.1, -0.05) is 0 Å². The minimum absolute atomic E-state index is 0.0680. The molecule has 0 heterocycles. The van der Waals surface area contributed by atoms with Gasteiger partial charge in [-0.3, -0.25) is 4.79 Å². The van der Waals surface area contributed by atoms with Crippen molar-refractivity contribution in [3.8, 4) is 5.75 Å². The normalized spacial score (nSPS) is 22.4. The molecule has 0 bridgehead atoms. The molecule has 0 saturated heterocycles. The number of aliphatic hydroxyl groups is 1. The zero-order valence-electron chi connectivity index (χ0n) is 11.6. The molecule has 0 aromatic heterocycles. The number of carbonyl (C=O) groups is 1. The molecule has 5 heteroatoms. The van der Waals surface area contributed by atoms with Crippen LogP contribution in [0.4, 0.5) is 4.39 Å². The Labute approximate surface area is 117 Å². The van der Waals surface area contributed by atoms with Crippen molar-refractivity contribution in [2.24, 2.45) is 5.92 Å². The Morgan fingerprint density at radius 2 is 2.10 bits per heavy atom. The smallest absolute Gasteiger partial charge is 0.251 e. The molecule has 1 amide bonds. The first-order chi connectivity index (χ1) is 9.60. The van der Waals surface area contributed by atoms with E-state index in [1.165, 1.54) is 25.3 Å². The highest BCUT2D eigenvalue weighted by Gasteiger charge is 2.20. The van der Waals surface area contributed by atoms with Gasteiger partial charge in [-0.2, -0.15) is 0 Å². The minimum Gasteiger partial charge on any atom is -0.494 e. The molecule has 0 atom stereocenters. The number of amides is 1. The Morgan fingerprint density at radius 1 is 1.40 bits per heavy atom. The molecule has 0 unspecified atom stereocenters. The lowest BCUT2D eigenvalue weighted by Gasteiger charge is -2.25. The lowest BCUT2D eigenvalue weighted by atomic mass is 9.87. The summed E-state index contributed by atoms with van der Waals surface area (Å²) < 4.78 is 18.1. The largest absolute Gasteiger partial charge is 0.494 e. The number of methoxy groups -OCH3 is 1. The van der Waals surface area contributed by atoms with Gasteiger partial charge < -0.3 is 15.2 Å². The van der Waals surface area contributed by atoms with E-state index in [1.807, 2.05) is 0 Å². The summed E-state index contributed by atoms with van der Waals surface area (Å²) in [4.78, 5) is 12.0. The van der Waals surface area contributed by atoms with Crippen molar-refractivity contribution in [1.29, 1.82) is 0 Å². The van der Waals surface area contributed by atoms with Gasteiger partial charge in [-0.15, -0.1) is 0 Å². The number of carbonyl (C=O) groups excluding carboxylic acids is 1. The molecule has 1 saturated carbocycles. The highest BCUT2D eigenvalue weighted by molar-refractivity contribution is 5.94. The van der Waals surface area contributed by atoms with Gasteiger partial charge in [-0.05, 0) is 49.8 Å². The molecular weight excluding hydrogens is 261 g/mol. The molecule has 2 rings (SSSR count). The van der Waals surface area contributed by atoms with E-state index >= 15 is 0 Å². The summed E-state index contributed by atoms with van der Waals surface area (Å²) in [5.74, 6) is -0.233. The number of benzene rings is 1. The van der Waals surface area contributed by atoms with Crippen molar-refractivity contribution in [3.05, 3.63) is 29.6 Å². The van der Waals surface area contributed by atoms with E-state index in [-0.39, 0.29) is 17.8 Å². The van der Waals surface area contributed by atoms with Crippen molar-refractivity contribution in [3.63, 3.8) is 0 Å². The Kier molecular flexibility index (Phi) is 4.95. The third-order valence-corrected chi connectivity index (χ3v) is 3.78. The maximum absolute atomic E-state index is 13.3. The minimum atomic E-state index is -0.481. The summed E-state index contributed by atoms with van der Waals surface area (Å²) in [5, 5.41) is 12.3. The third-order valence-electron chi connectivity index (χ3n) is 3.78. The first-order valence-electron chi connectivity index (χ1n) is 6.90. The number of ether oxygens (including phenoxy) is 1. The number of halogens is 1. The molecule has 0 spiro atoms. The fourth-order valence-electron chi connectivity index (χ4n) is 2.49. The summed E-state index contributed by atoms with van der Waals surface area (Å²) in [6.45, 7) is 0.589. The van der Waals surface area contributed by atoms with E-state index in [4.69, 9.17) is 4.74 Å². The Morgan fingerprint density at radius 3 is 2.75 bits per heavy atom. The fraction of sp³-hybridized carbons (Fsp3) is 0.533. The van der Waals surface area contributed by atoms with Gasteiger partial charge in [0.15, 0.2) is 11.6 Å². The highest BCUT2D eigenvalue weighted by atomic mass is 19.1. The second kappa shape index (κ2) is 6.70. The van der Waals surface area contributed by atoms with Gasteiger partial charge in [0.1, 0.15) is 0 Å². The third kappa shape index (κ3) is 3.70. The van der Waals surface area contributed by atoms with E-state index in [0.29, 0.717) is 18.0 Å². The summed E-state index contributed by atoms with van der Waals surface area (Å²) in [7, 11) is 1.37. The number of hydrogen-bond donors (Lipinski definition) is 2. The predicted molar refractivity (Wildman–Crippen MR) is 73.3 cm³/mol. The van der Waals surface area contributed by atoms with Crippen molar-refractivity contribution >= 4 is 5.91 Å². The van der Waals surface area contributed by atoms with Crippen molar-refractivity contribution in [1.82, 2.24) is 5.32 Å². The number of rotatable bonds is 4. The first-order valence-corrected chi connectivity index (χ1v) is 6.90. The molecule has 1 aromatic rings. The molecule has 1 aliphatic rings. The Hall–Kier alpha value is -1.62. The van der Waals surface area contributed by atoms with E-state index in [2.05, 4.69) is 5.32 Å². The van der Waals surface area contributed by atoms with E-state index < -0.39 is 5.82 Å². The average Bonchev–Trinajstić information content (AvgIpc) is 2.47. The van der Waals surface area contributed by atoms with Crippen LogP contribution >= 0.6 is 0 Å². The molecule has 1 fully saturated rings. The van der Waals surface area contributed by atoms with Crippen LogP contribution in [0.2, 0.25) is 0 Å². The number of hydrogen-bond acceptors (Lipinski definition) is 3. The van der Waals surface area contributed by atoms with Crippen molar-refractivity contribution in [2.75, 3.05) is 13.7 Å². The SMILES string of the molecule is COc1cc(C(=O)NCC2CCC(O)CC2)ccc1F. The van der Waals surface area contributed by atoms with Crippen LogP contribution in [-0.4, -0.2) is 30.8 Å². The van der Waals surface area contributed by atoms with Crippen molar-refractivity contribution < 1.29 is 19.0 Å². The van der Waals surface area contributed by atoms with Gasteiger partial charge >= 0.3 is 0 Å². The summed E-state index contributed by atoms with van der Waals surface area (Å²) in [5.41, 5.74) is 0.388. The summed E-state index contributed by atoms with van der Waals surface area (Å²) in [6.07, 6.45) is 3.25. The zero-order chi connectivity index (χ0) is 14.5. The molecule has 110 valence electrons. The quantitative estimate of drug-likeness (QED) is 0.888. The van der Waals surface area contributed by atoms with Gasteiger partial charge in [0, 0.05) is 12.1 Å². The second-order valence-corrected chi connectivity index (χ2v) is 5.23. The zero-order valence-corrected chi connectivity index (χ0v) is 11.6. The lowest BCUT2D eigenvalue weighted by Crippen LogP contribution is -2.32. The average molecular weight is 281 g/mol. The second-order valence-electron chi connectivity index (χ2n) is 5.23. The van der Waals surface area contributed by atoms with Crippen LogP contribution in [0, 0.1) is 11.7 Å². The van der Waals surface area contributed by atoms with Crippen LogP contribution in [0.5, 0.6) is 5.75 Å². The van der Waals surface area contributed by atoms with Gasteiger partial charge in [0.05, 0.1) is 13.2 Å².